The zero-order valence-corrected chi connectivity index (χ0v) is 14.1. The summed E-state index contributed by atoms with van der Waals surface area (Å²) in [7, 11) is 0. The van der Waals surface area contributed by atoms with Crippen LogP contribution in [0.15, 0.2) is 58.4 Å². The van der Waals surface area contributed by atoms with Crippen molar-refractivity contribution < 1.29 is 13.6 Å². The van der Waals surface area contributed by atoms with Crippen LogP contribution in [0.25, 0.3) is 5.57 Å². The summed E-state index contributed by atoms with van der Waals surface area (Å²) in [6, 6.07) is 12.3. The Morgan fingerprint density at radius 3 is 2.48 bits per heavy atom. The molecule has 0 radical (unpaired) electrons. The number of hydrogen-bond acceptors (Lipinski definition) is 2. The second-order valence-corrected chi connectivity index (χ2v) is 6.61. The number of nitrogens with two attached hydrogens (primary N) is 2. The van der Waals surface area contributed by atoms with E-state index >= 15 is 0 Å². The third-order valence-corrected chi connectivity index (χ3v) is 4.68. The zero-order valence-electron chi connectivity index (χ0n) is 13.3. The van der Waals surface area contributed by atoms with E-state index in [0.717, 1.165) is 35.1 Å². The predicted octanol–water partition coefficient (Wildman–Crippen LogP) is 2.06. The third-order valence-electron chi connectivity index (χ3n) is 4.01. The lowest BCUT2D eigenvalue weighted by molar-refractivity contribution is 0.100. The van der Waals surface area contributed by atoms with Crippen LogP contribution in [0.1, 0.15) is 33.5 Å². The van der Waals surface area contributed by atoms with Crippen molar-refractivity contribution in [1.29, 1.82) is 0 Å². The van der Waals surface area contributed by atoms with Crippen molar-refractivity contribution in [3.05, 3.63) is 70.8 Å². The highest BCUT2D eigenvalue weighted by molar-refractivity contribution is 7.79. The van der Waals surface area contributed by atoms with Crippen molar-refractivity contribution in [2.45, 2.75) is 17.7 Å². The van der Waals surface area contributed by atoms with Gasteiger partial charge < -0.3 is 16.0 Å². The molecule has 1 aliphatic carbocycles. The Morgan fingerprint density at radius 2 is 1.84 bits per heavy atom. The van der Waals surface area contributed by atoms with E-state index in [1.165, 1.54) is 0 Å². The Morgan fingerprint density at radius 1 is 1.12 bits per heavy atom. The van der Waals surface area contributed by atoms with Gasteiger partial charge in [-0.2, -0.15) is 4.99 Å². The standard InChI is InChI=1S/C18H17N3O3S/c19-18(20)21-17(22)13-5-4-11-2-1-3-15(16(11)10-13)12-6-8-14(9-7-12)25(23)24/h3-10H,1-2H2,(H,23,24)(H4,19,20,21,22). The van der Waals surface area contributed by atoms with E-state index in [1.807, 2.05) is 6.07 Å². The average Bonchev–Trinajstić information content (AvgIpc) is 2.60. The molecule has 25 heavy (non-hydrogen) atoms. The molecule has 128 valence electrons. The maximum absolute atomic E-state index is 12.1. The normalized spacial score (nSPS) is 14.2. The van der Waals surface area contributed by atoms with Gasteiger partial charge in [-0.1, -0.05) is 24.3 Å². The summed E-state index contributed by atoms with van der Waals surface area (Å²) < 4.78 is 20.3. The highest BCUT2D eigenvalue weighted by atomic mass is 32.2. The van der Waals surface area contributed by atoms with Gasteiger partial charge in [0.15, 0.2) is 17.0 Å². The number of hydrogen-bond donors (Lipinski definition) is 3. The molecule has 7 heteroatoms. The Hall–Kier alpha value is -2.77. The Labute approximate surface area is 147 Å². The first kappa shape index (κ1) is 17.1. The molecule has 0 saturated carbocycles. The summed E-state index contributed by atoms with van der Waals surface area (Å²) in [4.78, 5) is 16.0. The predicted molar refractivity (Wildman–Crippen MR) is 97.5 cm³/mol. The molecular formula is C18H17N3O3S. The number of allylic oxidation sites excluding steroid dienone is 1. The van der Waals surface area contributed by atoms with Crippen LogP contribution in [0, 0.1) is 0 Å². The van der Waals surface area contributed by atoms with Crippen LogP contribution in [-0.2, 0) is 17.5 Å². The summed E-state index contributed by atoms with van der Waals surface area (Å²) in [6.45, 7) is 0. The van der Waals surface area contributed by atoms with E-state index in [9.17, 15) is 9.00 Å². The molecule has 3 rings (SSSR count). The first-order valence-corrected chi connectivity index (χ1v) is 8.75. The molecule has 0 aliphatic heterocycles. The summed E-state index contributed by atoms with van der Waals surface area (Å²) in [5.41, 5.74) is 14.9. The largest absolute Gasteiger partial charge is 0.370 e. The molecule has 0 aromatic heterocycles. The van der Waals surface area contributed by atoms with E-state index in [-0.39, 0.29) is 5.96 Å². The SMILES string of the molecule is NC(N)=NC(=O)c1ccc2c(c1)C(c1ccc(S(=O)O)cc1)=CCC2. The number of fused-ring (bicyclic) bond motifs is 1. The number of benzene rings is 2. The van der Waals surface area contributed by atoms with Crippen molar-refractivity contribution in [2.75, 3.05) is 0 Å². The van der Waals surface area contributed by atoms with Crippen LogP contribution in [0.2, 0.25) is 0 Å². The van der Waals surface area contributed by atoms with E-state index in [1.54, 1.807) is 36.4 Å². The minimum Gasteiger partial charge on any atom is -0.370 e. The summed E-state index contributed by atoms with van der Waals surface area (Å²) >= 11 is -2.01. The van der Waals surface area contributed by atoms with Gasteiger partial charge in [-0.25, -0.2) is 4.21 Å². The van der Waals surface area contributed by atoms with Crippen molar-refractivity contribution >= 4 is 28.5 Å². The second-order valence-electron chi connectivity index (χ2n) is 5.64. The van der Waals surface area contributed by atoms with Crippen molar-refractivity contribution in [2.24, 2.45) is 16.5 Å². The molecule has 0 fully saturated rings. The minimum atomic E-state index is -2.01. The molecule has 6 nitrogen and oxygen atoms in total. The lowest BCUT2D eigenvalue weighted by atomic mass is 9.86. The third kappa shape index (κ3) is 3.67. The number of guanidine groups is 1. The van der Waals surface area contributed by atoms with Gasteiger partial charge in [0.05, 0.1) is 4.90 Å². The summed E-state index contributed by atoms with van der Waals surface area (Å²) in [6.07, 6.45) is 3.87. The van der Waals surface area contributed by atoms with E-state index < -0.39 is 17.0 Å². The number of carbonyl (C=O) groups is 1. The molecule has 1 atom stereocenters. The molecular weight excluding hydrogens is 338 g/mol. The topological polar surface area (TPSA) is 119 Å². The maximum atomic E-state index is 12.1. The maximum Gasteiger partial charge on any atom is 0.280 e. The molecule has 5 N–H and O–H groups in total. The Balaban J connectivity index is 2.02. The average molecular weight is 355 g/mol. The Kier molecular flexibility index (Phi) is 4.78. The molecule has 0 bridgehead atoms. The fraction of sp³-hybridized carbons (Fsp3) is 0.111. The fourth-order valence-corrected chi connectivity index (χ4v) is 3.24. The van der Waals surface area contributed by atoms with Crippen LogP contribution in [0.4, 0.5) is 0 Å². The molecule has 1 amide bonds. The lowest BCUT2D eigenvalue weighted by Gasteiger charge is -2.19. The van der Waals surface area contributed by atoms with E-state index in [2.05, 4.69) is 11.1 Å². The van der Waals surface area contributed by atoms with E-state index in [4.69, 9.17) is 16.0 Å². The highest BCUT2D eigenvalue weighted by Crippen LogP contribution is 2.32. The van der Waals surface area contributed by atoms with Crippen molar-refractivity contribution in [3.63, 3.8) is 0 Å². The van der Waals surface area contributed by atoms with Gasteiger partial charge in [0.1, 0.15) is 0 Å². The number of nitrogens with zero attached hydrogens (tertiary/aromatic N) is 1. The number of carbonyl (C=O) groups excluding carboxylic acids is 1. The molecule has 2 aromatic rings. The van der Waals surface area contributed by atoms with Gasteiger partial charge in [-0.15, -0.1) is 0 Å². The quantitative estimate of drug-likeness (QED) is 0.442. The summed E-state index contributed by atoms with van der Waals surface area (Å²) in [5.74, 6) is -0.759. The first-order valence-electron chi connectivity index (χ1n) is 7.64. The van der Waals surface area contributed by atoms with Crippen molar-refractivity contribution in [3.8, 4) is 0 Å². The van der Waals surface area contributed by atoms with Crippen LogP contribution in [0.3, 0.4) is 0 Å². The number of aliphatic imine (C=N–C) groups is 1. The first-order chi connectivity index (χ1) is 12.0. The van der Waals surface area contributed by atoms with Crippen LogP contribution >= 0.6 is 0 Å². The van der Waals surface area contributed by atoms with Crippen molar-refractivity contribution in [1.82, 2.24) is 0 Å². The van der Waals surface area contributed by atoms with Crippen LogP contribution in [-0.4, -0.2) is 20.6 Å². The number of amides is 1. The molecule has 0 saturated heterocycles. The van der Waals surface area contributed by atoms with Crippen LogP contribution < -0.4 is 11.5 Å². The molecule has 2 aromatic carbocycles. The molecule has 0 heterocycles. The molecule has 1 aliphatic rings. The van der Waals surface area contributed by atoms with Gasteiger partial charge in [0.2, 0.25) is 0 Å². The fourth-order valence-electron chi connectivity index (χ4n) is 2.87. The summed E-state index contributed by atoms with van der Waals surface area (Å²) in [5, 5.41) is 0. The number of aryl methyl sites for hydroxylation is 1. The Bertz CT molecular complexity index is 914. The smallest absolute Gasteiger partial charge is 0.280 e. The number of rotatable bonds is 3. The molecule has 0 spiro atoms. The van der Waals surface area contributed by atoms with Gasteiger partial charge in [0, 0.05) is 5.56 Å². The molecule has 1 unspecified atom stereocenters. The van der Waals surface area contributed by atoms with E-state index in [0.29, 0.717) is 10.5 Å². The van der Waals surface area contributed by atoms with Gasteiger partial charge in [-0.3, -0.25) is 4.79 Å². The van der Waals surface area contributed by atoms with Crippen LogP contribution in [0.5, 0.6) is 0 Å². The highest BCUT2D eigenvalue weighted by Gasteiger charge is 2.17. The van der Waals surface area contributed by atoms with Gasteiger partial charge in [0.25, 0.3) is 5.91 Å². The van der Waals surface area contributed by atoms with Gasteiger partial charge >= 0.3 is 0 Å². The van der Waals surface area contributed by atoms with Gasteiger partial charge in [-0.05, 0) is 59.4 Å². The monoisotopic (exact) mass is 355 g/mol. The second kappa shape index (κ2) is 7.00. The zero-order chi connectivity index (χ0) is 18.0. The lowest BCUT2D eigenvalue weighted by Crippen LogP contribution is -2.24. The minimum absolute atomic E-state index is 0.272.